The van der Waals surface area contributed by atoms with Gasteiger partial charge in [-0.2, -0.15) is 0 Å². The van der Waals surface area contributed by atoms with Crippen LogP contribution in [0, 0.1) is 6.92 Å². The van der Waals surface area contributed by atoms with Crippen LogP contribution in [0.5, 0.6) is 0 Å². The van der Waals surface area contributed by atoms with Crippen LogP contribution in [0.25, 0.3) is 11.0 Å². The smallest absolute Gasteiger partial charge is 0.230 e. The third kappa shape index (κ3) is 5.54. The molecule has 2 aromatic carbocycles. The van der Waals surface area contributed by atoms with E-state index in [0.717, 1.165) is 40.5 Å². The number of thioether (sulfide) groups is 1. The average Bonchev–Trinajstić information content (AvgIpc) is 2.76. The summed E-state index contributed by atoms with van der Waals surface area (Å²) in [5.74, 6) is 1.11. The number of aromatic nitrogens is 2. The molecule has 2 unspecified atom stereocenters. The number of para-hydroxylation sites is 2. The van der Waals surface area contributed by atoms with Crippen molar-refractivity contribution in [1.82, 2.24) is 15.3 Å². The maximum atomic E-state index is 12.5. The van der Waals surface area contributed by atoms with Crippen molar-refractivity contribution < 1.29 is 9.53 Å². The number of carbonyl (C=O) groups excluding carboxylic acids is 1. The second-order valence-corrected chi connectivity index (χ2v) is 9.02. The molecule has 3 aromatic rings. The van der Waals surface area contributed by atoms with Gasteiger partial charge in [0.15, 0.2) is 5.82 Å². The minimum Gasteiger partial charge on any atom is -0.372 e. The van der Waals surface area contributed by atoms with E-state index in [9.17, 15) is 4.79 Å². The lowest BCUT2D eigenvalue weighted by Crippen LogP contribution is -2.46. The Morgan fingerprint density at radius 1 is 1.06 bits per heavy atom. The summed E-state index contributed by atoms with van der Waals surface area (Å²) in [5, 5.41) is 3.78. The monoisotopic (exact) mass is 436 g/mol. The fraction of sp³-hybridized carbons (Fsp3) is 0.375. The average molecular weight is 437 g/mol. The van der Waals surface area contributed by atoms with Crippen molar-refractivity contribution in [2.45, 2.75) is 44.5 Å². The lowest BCUT2D eigenvalue weighted by atomic mass is 10.1. The van der Waals surface area contributed by atoms with E-state index in [2.05, 4.69) is 43.1 Å². The SMILES string of the molecule is Cc1ccc(CNC(=O)CSc2nc3ccccc3nc2N2CC(C)OC(C)C2)cc1. The lowest BCUT2D eigenvalue weighted by molar-refractivity contribution is -0.118. The zero-order chi connectivity index (χ0) is 21.8. The van der Waals surface area contributed by atoms with Crippen LogP contribution in [0.2, 0.25) is 0 Å². The van der Waals surface area contributed by atoms with Gasteiger partial charge in [0, 0.05) is 19.6 Å². The van der Waals surface area contributed by atoms with Gasteiger partial charge >= 0.3 is 0 Å². The Labute approximate surface area is 187 Å². The number of nitrogens with one attached hydrogen (secondary N) is 1. The lowest BCUT2D eigenvalue weighted by Gasteiger charge is -2.36. The van der Waals surface area contributed by atoms with Crippen molar-refractivity contribution in [3.8, 4) is 0 Å². The van der Waals surface area contributed by atoms with Gasteiger partial charge < -0.3 is 15.0 Å². The Morgan fingerprint density at radius 3 is 2.39 bits per heavy atom. The predicted molar refractivity (Wildman–Crippen MR) is 126 cm³/mol. The topological polar surface area (TPSA) is 67.4 Å². The van der Waals surface area contributed by atoms with E-state index >= 15 is 0 Å². The third-order valence-corrected chi connectivity index (χ3v) is 6.14. The summed E-state index contributed by atoms with van der Waals surface area (Å²) in [5.41, 5.74) is 3.99. The van der Waals surface area contributed by atoms with Crippen molar-refractivity contribution >= 4 is 34.5 Å². The van der Waals surface area contributed by atoms with Crippen LogP contribution >= 0.6 is 11.8 Å². The molecule has 1 N–H and O–H groups in total. The van der Waals surface area contributed by atoms with Crippen LogP contribution in [0.3, 0.4) is 0 Å². The number of hydrogen-bond donors (Lipinski definition) is 1. The van der Waals surface area contributed by atoms with Crippen LogP contribution in [-0.4, -0.2) is 46.9 Å². The molecule has 31 heavy (non-hydrogen) atoms. The van der Waals surface area contributed by atoms with E-state index in [-0.39, 0.29) is 18.1 Å². The molecular weight excluding hydrogens is 408 g/mol. The highest BCUT2D eigenvalue weighted by Crippen LogP contribution is 2.31. The Balaban J connectivity index is 1.49. The molecular formula is C24H28N4O2S. The van der Waals surface area contributed by atoms with Crippen molar-refractivity contribution in [1.29, 1.82) is 0 Å². The van der Waals surface area contributed by atoms with E-state index in [1.165, 1.54) is 17.3 Å². The number of carbonyl (C=O) groups is 1. The number of rotatable bonds is 6. The van der Waals surface area contributed by atoms with Gasteiger partial charge in [-0.3, -0.25) is 4.79 Å². The van der Waals surface area contributed by atoms with Gasteiger partial charge in [-0.25, -0.2) is 9.97 Å². The zero-order valence-corrected chi connectivity index (χ0v) is 19.0. The molecule has 1 saturated heterocycles. The fourth-order valence-electron chi connectivity index (χ4n) is 3.72. The van der Waals surface area contributed by atoms with E-state index in [4.69, 9.17) is 14.7 Å². The van der Waals surface area contributed by atoms with Gasteiger partial charge in [-0.1, -0.05) is 53.7 Å². The number of anilines is 1. The molecule has 4 rings (SSSR count). The third-order valence-electron chi connectivity index (χ3n) is 5.19. The first-order valence-corrected chi connectivity index (χ1v) is 11.6. The standard InChI is InChI=1S/C24H28N4O2S/c1-16-8-10-19(11-9-16)12-25-22(29)15-31-24-23(28-13-17(2)30-18(3)14-28)26-20-6-4-5-7-21(20)27-24/h4-11,17-18H,12-15H2,1-3H3,(H,25,29). The molecule has 1 amide bonds. The van der Waals surface area contributed by atoms with E-state index in [1.807, 2.05) is 36.4 Å². The summed E-state index contributed by atoms with van der Waals surface area (Å²) in [4.78, 5) is 24.5. The summed E-state index contributed by atoms with van der Waals surface area (Å²) in [7, 11) is 0. The van der Waals surface area contributed by atoms with Crippen molar-refractivity contribution in [2.75, 3.05) is 23.7 Å². The molecule has 7 heteroatoms. The molecule has 0 bridgehead atoms. The molecule has 1 aliphatic heterocycles. The van der Waals surface area contributed by atoms with Crippen LogP contribution in [0.4, 0.5) is 5.82 Å². The Morgan fingerprint density at radius 2 is 1.71 bits per heavy atom. The number of fused-ring (bicyclic) bond motifs is 1. The molecule has 162 valence electrons. The summed E-state index contributed by atoms with van der Waals surface area (Å²) in [6.07, 6.45) is 0.236. The highest BCUT2D eigenvalue weighted by Gasteiger charge is 2.26. The minimum atomic E-state index is -0.0183. The molecule has 1 fully saturated rings. The number of nitrogens with zero attached hydrogens (tertiary/aromatic N) is 3. The normalized spacial score (nSPS) is 18.9. The van der Waals surface area contributed by atoms with Crippen LogP contribution < -0.4 is 10.2 Å². The largest absolute Gasteiger partial charge is 0.372 e. The van der Waals surface area contributed by atoms with E-state index in [1.54, 1.807) is 0 Å². The van der Waals surface area contributed by atoms with E-state index < -0.39 is 0 Å². The van der Waals surface area contributed by atoms with Gasteiger partial charge in [0.2, 0.25) is 5.91 Å². The molecule has 6 nitrogen and oxygen atoms in total. The summed E-state index contributed by atoms with van der Waals surface area (Å²) in [6.45, 7) is 8.23. The first-order chi connectivity index (χ1) is 15.0. The molecule has 0 aliphatic carbocycles. The first-order valence-electron chi connectivity index (χ1n) is 10.6. The molecule has 2 atom stereocenters. The number of amides is 1. The fourth-order valence-corrected chi connectivity index (χ4v) is 4.56. The number of ether oxygens (including phenoxy) is 1. The second-order valence-electron chi connectivity index (χ2n) is 8.05. The minimum absolute atomic E-state index is 0.0183. The first kappa shape index (κ1) is 21.6. The molecule has 1 aromatic heterocycles. The number of aryl methyl sites for hydroxylation is 1. The molecule has 0 spiro atoms. The van der Waals surface area contributed by atoms with Gasteiger partial charge in [0.05, 0.1) is 29.0 Å². The van der Waals surface area contributed by atoms with Crippen LogP contribution in [0.1, 0.15) is 25.0 Å². The molecule has 2 heterocycles. The van der Waals surface area contributed by atoms with Crippen molar-refractivity contribution in [3.63, 3.8) is 0 Å². The van der Waals surface area contributed by atoms with Crippen molar-refractivity contribution in [2.24, 2.45) is 0 Å². The maximum absolute atomic E-state index is 12.5. The summed E-state index contributed by atoms with van der Waals surface area (Å²) < 4.78 is 5.88. The predicted octanol–water partition coefficient (Wildman–Crippen LogP) is 3.96. The number of benzene rings is 2. The number of morpholine rings is 1. The molecule has 0 saturated carbocycles. The Kier molecular flexibility index (Phi) is 6.73. The quantitative estimate of drug-likeness (QED) is 0.590. The Hall–Kier alpha value is -2.64. The maximum Gasteiger partial charge on any atom is 0.230 e. The highest BCUT2D eigenvalue weighted by atomic mass is 32.2. The zero-order valence-electron chi connectivity index (χ0n) is 18.2. The Bertz CT molecular complexity index is 1050. The summed E-state index contributed by atoms with van der Waals surface area (Å²) in [6, 6.07) is 16.0. The summed E-state index contributed by atoms with van der Waals surface area (Å²) >= 11 is 1.44. The highest BCUT2D eigenvalue weighted by molar-refractivity contribution is 8.00. The van der Waals surface area contributed by atoms with Gasteiger partial charge in [0.1, 0.15) is 5.03 Å². The van der Waals surface area contributed by atoms with Crippen molar-refractivity contribution in [3.05, 3.63) is 59.7 Å². The van der Waals surface area contributed by atoms with Gasteiger partial charge in [-0.05, 0) is 38.5 Å². The van der Waals surface area contributed by atoms with Gasteiger partial charge in [0.25, 0.3) is 0 Å². The van der Waals surface area contributed by atoms with Gasteiger partial charge in [-0.15, -0.1) is 0 Å². The van der Waals surface area contributed by atoms with E-state index in [0.29, 0.717) is 12.3 Å². The second kappa shape index (κ2) is 9.66. The molecule has 1 aliphatic rings. The van der Waals surface area contributed by atoms with Crippen LogP contribution in [0.15, 0.2) is 53.6 Å². The van der Waals surface area contributed by atoms with Crippen LogP contribution in [-0.2, 0) is 16.1 Å². The molecule has 0 radical (unpaired) electrons. The number of hydrogen-bond acceptors (Lipinski definition) is 6.